The average Bonchev–Trinajstić information content (AvgIpc) is 2.64. The molecule has 1 amide bonds. The van der Waals surface area contributed by atoms with Crippen LogP contribution in [0.15, 0.2) is 48.8 Å². The van der Waals surface area contributed by atoms with Crippen LogP contribution in [-0.4, -0.2) is 39.5 Å². The summed E-state index contributed by atoms with van der Waals surface area (Å²) >= 11 is 0. The molecule has 0 spiro atoms. The normalized spacial score (nSPS) is 11.6. The summed E-state index contributed by atoms with van der Waals surface area (Å²) in [4.78, 5) is 29.0. The van der Waals surface area contributed by atoms with Crippen LogP contribution in [0.4, 0.5) is 0 Å². The van der Waals surface area contributed by atoms with Gasteiger partial charge in [0, 0.05) is 24.0 Å². The van der Waals surface area contributed by atoms with Gasteiger partial charge in [-0.1, -0.05) is 25.1 Å². The molecule has 0 saturated heterocycles. The Morgan fingerprint density at radius 1 is 1.23 bits per heavy atom. The van der Waals surface area contributed by atoms with Gasteiger partial charge in [0.2, 0.25) is 5.91 Å². The second kappa shape index (κ2) is 9.56. The lowest BCUT2D eigenvalue weighted by Crippen LogP contribution is -2.42. The van der Waals surface area contributed by atoms with Crippen LogP contribution in [0.25, 0.3) is 0 Å². The third-order valence-corrected chi connectivity index (χ3v) is 4.13. The van der Waals surface area contributed by atoms with Crippen LogP contribution in [0.5, 0.6) is 5.75 Å². The molecule has 26 heavy (non-hydrogen) atoms. The van der Waals surface area contributed by atoms with Crippen molar-refractivity contribution >= 4 is 11.9 Å². The standard InChI is InChI=1S/C20H24N2O4/c1-3-15(2)22(13-20(24)25)19(23)11-16-6-4-8-18(10-16)26-14-17-7-5-9-21-12-17/h4-10,12,15H,3,11,13-14H2,1-2H3,(H,24,25). The van der Waals surface area contributed by atoms with Crippen LogP contribution in [0, 0.1) is 0 Å². The van der Waals surface area contributed by atoms with Crippen molar-refractivity contribution in [1.29, 1.82) is 0 Å². The minimum absolute atomic E-state index is 0.122. The van der Waals surface area contributed by atoms with Crippen LogP contribution in [0.2, 0.25) is 0 Å². The molecule has 138 valence electrons. The Kier molecular flexibility index (Phi) is 7.14. The fraction of sp³-hybridized carbons (Fsp3) is 0.350. The van der Waals surface area contributed by atoms with Gasteiger partial charge < -0.3 is 14.7 Å². The second-order valence-electron chi connectivity index (χ2n) is 6.15. The minimum Gasteiger partial charge on any atom is -0.489 e. The molecule has 0 aliphatic rings. The van der Waals surface area contributed by atoms with Gasteiger partial charge >= 0.3 is 5.97 Å². The Morgan fingerprint density at radius 2 is 2.00 bits per heavy atom. The molecule has 1 aromatic heterocycles. The van der Waals surface area contributed by atoms with Gasteiger partial charge in [0.15, 0.2) is 0 Å². The van der Waals surface area contributed by atoms with Gasteiger partial charge in [-0.2, -0.15) is 0 Å². The van der Waals surface area contributed by atoms with Crippen molar-refractivity contribution in [1.82, 2.24) is 9.88 Å². The zero-order valence-electron chi connectivity index (χ0n) is 15.1. The summed E-state index contributed by atoms with van der Waals surface area (Å²) in [6, 6.07) is 11.0. The van der Waals surface area contributed by atoms with Crippen molar-refractivity contribution in [3.63, 3.8) is 0 Å². The Morgan fingerprint density at radius 3 is 2.65 bits per heavy atom. The Labute approximate surface area is 153 Å². The van der Waals surface area contributed by atoms with E-state index >= 15 is 0 Å². The summed E-state index contributed by atoms with van der Waals surface area (Å²) in [6.07, 6.45) is 4.29. The highest BCUT2D eigenvalue weighted by atomic mass is 16.5. The van der Waals surface area contributed by atoms with Crippen molar-refractivity contribution in [3.05, 3.63) is 59.9 Å². The molecule has 0 bridgehead atoms. The molecule has 2 rings (SSSR count). The number of carbonyl (C=O) groups excluding carboxylic acids is 1. The molecule has 6 nitrogen and oxygen atoms in total. The molecular formula is C20H24N2O4. The van der Waals surface area contributed by atoms with Crippen LogP contribution < -0.4 is 4.74 Å². The third-order valence-electron chi connectivity index (χ3n) is 4.13. The van der Waals surface area contributed by atoms with Crippen molar-refractivity contribution < 1.29 is 19.4 Å². The zero-order chi connectivity index (χ0) is 18.9. The molecule has 1 aromatic carbocycles. The van der Waals surface area contributed by atoms with E-state index in [4.69, 9.17) is 9.84 Å². The number of aromatic nitrogens is 1. The van der Waals surface area contributed by atoms with Crippen LogP contribution in [0.3, 0.4) is 0 Å². The van der Waals surface area contributed by atoms with E-state index in [0.29, 0.717) is 18.8 Å². The van der Waals surface area contributed by atoms with Crippen molar-refractivity contribution in [2.24, 2.45) is 0 Å². The molecule has 1 heterocycles. The summed E-state index contributed by atoms with van der Waals surface area (Å²) in [7, 11) is 0. The average molecular weight is 356 g/mol. The Bertz CT molecular complexity index is 734. The first-order valence-corrected chi connectivity index (χ1v) is 8.61. The SMILES string of the molecule is CCC(C)N(CC(=O)O)C(=O)Cc1cccc(OCc2cccnc2)c1. The first kappa shape index (κ1) is 19.4. The molecule has 2 aromatic rings. The maximum absolute atomic E-state index is 12.6. The topological polar surface area (TPSA) is 79.7 Å². The van der Waals surface area contributed by atoms with Crippen LogP contribution in [-0.2, 0) is 22.6 Å². The highest BCUT2D eigenvalue weighted by Crippen LogP contribution is 2.17. The van der Waals surface area contributed by atoms with E-state index in [2.05, 4.69) is 4.98 Å². The number of carboxylic acids is 1. The Hall–Kier alpha value is -2.89. The number of rotatable bonds is 9. The molecule has 0 saturated carbocycles. The van der Waals surface area contributed by atoms with E-state index in [1.165, 1.54) is 4.90 Å². The lowest BCUT2D eigenvalue weighted by atomic mass is 10.1. The highest BCUT2D eigenvalue weighted by Gasteiger charge is 2.21. The predicted octanol–water partition coefficient (Wildman–Crippen LogP) is 2.91. The monoisotopic (exact) mass is 356 g/mol. The second-order valence-corrected chi connectivity index (χ2v) is 6.15. The lowest BCUT2D eigenvalue weighted by molar-refractivity contribution is -0.145. The molecular weight excluding hydrogens is 332 g/mol. The summed E-state index contributed by atoms with van der Waals surface area (Å²) in [6.45, 7) is 3.89. The molecule has 1 atom stereocenters. The van der Waals surface area contributed by atoms with Crippen LogP contribution in [0.1, 0.15) is 31.4 Å². The van der Waals surface area contributed by atoms with Gasteiger partial charge in [0.05, 0.1) is 6.42 Å². The molecule has 1 unspecified atom stereocenters. The molecule has 6 heteroatoms. The fourth-order valence-corrected chi connectivity index (χ4v) is 2.53. The quantitative estimate of drug-likeness (QED) is 0.747. The number of carbonyl (C=O) groups is 2. The number of ether oxygens (including phenoxy) is 1. The van der Waals surface area contributed by atoms with E-state index in [0.717, 1.165) is 11.1 Å². The zero-order valence-corrected chi connectivity index (χ0v) is 15.1. The van der Waals surface area contributed by atoms with E-state index in [-0.39, 0.29) is 24.9 Å². The fourth-order valence-electron chi connectivity index (χ4n) is 2.53. The van der Waals surface area contributed by atoms with Gasteiger partial charge in [-0.3, -0.25) is 14.6 Å². The number of hydrogen-bond donors (Lipinski definition) is 1. The summed E-state index contributed by atoms with van der Waals surface area (Å²) in [5.41, 5.74) is 1.75. The number of amides is 1. The minimum atomic E-state index is -1.01. The van der Waals surface area contributed by atoms with Gasteiger partial charge in [0.1, 0.15) is 18.9 Å². The smallest absolute Gasteiger partial charge is 0.323 e. The van der Waals surface area contributed by atoms with Gasteiger partial charge in [-0.15, -0.1) is 0 Å². The van der Waals surface area contributed by atoms with E-state index in [1.54, 1.807) is 12.4 Å². The predicted molar refractivity (Wildman–Crippen MR) is 97.8 cm³/mol. The molecule has 0 aliphatic heterocycles. The van der Waals surface area contributed by atoms with E-state index in [1.807, 2.05) is 50.2 Å². The van der Waals surface area contributed by atoms with E-state index < -0.39 is 5.97 Å². The van der Waals surface area contributed by atoms with Crippen molar-refractivity contribution in [2.45, 2.75) is 39.3 Å². The Balaban J connectivity index is 2.01. The first-order valence-electron chi connectivity index (χ1n) is 8.61. The number of nitrogens with zero attached hydrogens (tertiary/aromatic N) is 2. The molecule has 0 fully saturated rings. The molecule has 1 N–H and O–H groups in total. The lowest BCUT2D eigenvalue weighted by Gasteiger charge is -2.27. The number of pyridine rings is 1. The summed E-state index contributed by atoms with van der Waals surface area (Å²) in [5.74, 6) is -0.550. The number of benzene rings is 1. The maximum atomic E-state index is 12.6. The summed E-state index contributed by atoms with van der Waals surface area (Å²) < 4.78 is 5.75. The number of aliphatic carboxylic acids is 1. The molecule has 0 radical (unpaired) electrons. The van der Waals surface area contributed by atoms with E-state index in [9.17, 15) is 9.59 Å². The maximum Gasteiger partial charge on any atom is 0.323 e. The largest absolute Gasteiger partial charge is 0.489 e. The van der Waals surface area contributed by atoms with Gasteiger partial charge in [0.25, 0.3) is 0 Å². The van der Waals surface area contributed by atoms with Crippen molar-refractivity contribution in [2.75, 3.05) is 6.54 Å². The first-order chi connectivity index (χ1) is 12.5. The number of carboxylic acid groups (broad SMARTS) is 1. The number of hydrogen-bond acceptors (Lipinski definition) is 4. The summed E-state index contributed by atoms with van der Waals surface area (Å²) in [5, 5.41) is 9.05. The third kappa shape index (κ3) is 5.88. The van der Waals surface area contributed by atoms with Crippen molar-refractivity contribution in [3.8, 4) is 5.75 Å². The van der Waals surface area contributed by atoms with Gasteiger partial charge in [-0.25, -0.2) is 0 Å². The molecule has 0 aliphatic carbocycles. The van der Waals surface area contributed by atoms with Gasteiger partial charge in [-0.05, 0) is 37.1 Å². The highest BCUT2D eigenvalue weighted by molar-refractivity contribution is 5.83. The van der Waals surface area contributed by atoms with Crippen LogP contribution >= 0.6 is 0 Å².